The first kappa shape index (κ1) is 31.6. The highest BCUT2D eigenvalue weighted by molar-refractivity contribution is 6.31. The molecule has 3 atom stereocenters. The highest BCUT2D eigenvalue weighted by Crippen LogP contribution is 2.39. The molecule has 9 nitrogen and oxygen atoms in total. The van der Waals surface area contributed by atoms with Crippen LogP contribution in [0, 0.1) is 11.7 Å². The summed E-state index contributed by atoms with van der Waals surface area (Å²) in [6.45, 7) is 2.04. The number of aromatic nitrogens is 1. The predicted octanol–water partition coefficient (Wildman–Crippen LogP) is 5.68. The molecule has 0 saturated carbocycles. The van der Waals surface area contributed by atoms with Gasteiger partial charge in [-0.25, -0.2) is 9.18 Å². The van der Waals surface area contributed by atoms with Crippen molar-refractivity contribution in [3.63, 3.8) is 0 Å². The molecular weight excluding hydrogens is 611 g/mol. The Labute approximate surface area is 271 Å². The molecular formula is C35H34ClFN4O5. The number of likely N-dealkylation sites (tertiary alicyclic amines) is 2. The third-order valence-electron chi connectivity index (χ3n) is 9.13. The van der Waals surface area contributed by atoms with E-state index in [1.165, 1.54) is 42.7 Å². The zero-order chi connectivity index (χ0) is 32.4. The van der Waals surface area contributed by atoms with Gasteiger partial charge in [-0.2, -0.15) is 0 Å². The Morgan fingerprint density at radius 1 is 1.02 bits per heavy atom. The topological polar surface area (TPSA) is 112 Å². The number of fused-ring (bicyclic) bond motifs is 1. The number of hydrogen-bond donors (Lipinski definition) is 2. The van der Waals surface area contributed by atoms with Crippen LogP contribution in [0.5, 0.6) is 0 Å². The maximum absolute atomic E-state index is 14.9. The molecule has 1 aliphatic carbocycles. The Morgan fingerprint density at radius 3 is 2.50 bits per heavy atom. The van der Waals surface area contributed by atoms with Crippen molar-refractivity contribution in [2.45, 2.75) is 37.5 Å². The molecule has 2 aliphatic heterocycles. The maximum atomic E-state index is 14.9. The van der Waals surface area contributed by atoms with E-state index in [1.54, 1.807) is 30.2 Å². The van der Waals surface area contributed by atoms with Gasteiger partial charge in [0.1, 0.15) is 11.9 Å². The first-order valence-corrected chi connectivity index (χ1v) is 15.6. The summed E-state index contributed by atoms with van der Waals surface area (Å²) in [5, 5.41) is 12.2. The van der Waals surface area contributed by atoms with Crippen molar-refractivity contribution in [2.24, 2.45) is 5.92 Å². The summed E-state index contributed by atoms with van der Waals surface area (Å²) < 4.78 is 20.4. The molecule has 1 aromatic heterocycles. The molecule has 6 rings (SSSR count). The van der Waals surface area contributed by atoms with Gasteiger partial charge in [0.15, 0.2) is 0 Å². The molecule has 2 aromatic carbocycles. The third-order valence-corrected chi connectivity index (χ3v) is 9.43. The molecule has 2 N–H and O–H groups in total. The van der Waals surface area contributed by atoms with Crippen LogP contribution in [0.4, 0.5) is 10.1 Å². The molecule has 0 radical (unpaired) electrons. The second-order valence-electron chi connectivity index (χ2n) is 11.7. The van der Waals surface area contributed by atoms with Gasteiger partial charge in [0.25, 0.3) is 11.8 Å². The van der Waals surface area contributed by atoms with E-state index >= 15 is 0 Å². The van der Waals surface area contributed by atoms with Gasteiger partial charge in [-0.15, -0.1) is 0 Å². The number of amides is 2. The van der Waals surface area contributed by atoms with E-state index in [0.717, 1.165) is 31.5 Å². The van der Waals surface area contributed by atoms with Crippen molar-refractivity contribution < 1.29 is 28.6 Å². The summed E-state index contributed by atoms with van der Waals surface area (Å²) in [5.41, 5.74) is 2.15. The lowest BCUT2D eigenvalue weighted by Gasteiger charge is -2.47. The molecule has 3 heterocycles. The van der Waals surface area contributed by atoms with Crippen molar-refractivity contribution in [3.05, 3.63) is 107 Å². The average Bonchev–Trinajstić information content (AvgIpc) is 3.08. The predicted molar refractivity (Wildman–Crippen MR) is 172 cm³/mol. The minimum absolute atomic E-state index is 0.00305. The Hall–Kier alpha value is -4.38. The van der Waals surface area contributed by atoms with Crippen LogP contribution >= 0.6 is 11.6 Å². The number of carboxylic acids is 1. The first-order chi connectivity index (χ1) is 22.2. The van der Waals surface area contributed by atoms with Gasteiger partial charge in [-0.3, -0.25) is 19.5 Å². The maximum Gasteiger partial charge on any atom is 0.335 e. The number of ether oxygens (including phenoxy) is 1. The highest BCUT2D eigenvalue weighted by Gasteiger charge is 2.45. The molecule has 11 heteroatoms. The highest BCUT2D eigenvalue weighted by atomic mass is 35.5. The molecule has 238 valence electrons. The Morgan fingerprint density at radius 2 is 1.78 bits per heavy atom. The second-order valence-corrected chi connectivity index (χ2v) is 12.2. The zero-order valence-corrected chi connectivity index (χ0v) is 26.0. The van der Waals surface area contributed by atoms with Crippen LogP contribution in [0.1, 0.15) is 40.0 Å². The number of pyridine rings is 1. The van der Waals surface area contributed by atoms with E-state index in [1.807, 2.05) is 12.2 Å². The van der Waals surface area contributed by atoms with Crippen LogP contribution in [-0.4, -0.2) is 82.6 Å². The number of allylic oxidation sites excluding steroid dienone is 2. The molecule has 3 unspecified atom stereocenters. The standard InChI is InChI=1S/C35H34ClFN4O5/c1-46-25-12-15-40(16-13-25)30-7-3-5-28-27(30)14-17-41(32(28)33(42)39-24-10-8-21(9-11-24)35(44)45)34(43)23-18-22(19-38-20-23)26-4-2-6-29(36)31(26)37/h2-11,18-20,25,27,30,32H,12-17H2,1H3,(H,39,42)(H,44,45). The smallest absolute Gasteiger partial charge is 0.335 e. The van der Waals surface area contributed by atoms with E-state index in [-0.39, 0.29) is 39.8 Å². The normalized spacial score (nSPS) is 21.8. The van der Waals surface area contributed by atoms with Crippen molar-refractivity contribution in [1.82, 2.24) is 14.8 Å². The number of benzene rings is 2. The van der Waals surface area contributed by atoms with Gasteiger partial charge in [0.2, 0.25) is 0 Å². The van der Waals surface area contributed by atoms with E-state index < -0.39 is 29.6 Å². The van der Waals surface area contributed by atoms with Crippen LogP contribution in [-0.2, 0) is 9.53 Å². The van der Waals surface area contributed by atoms with Gasteiger partial charge in [-0.1, -0.05) is 42.0 Å². The second kappa shape index (κ2) is 13.5. The van der Waals surface area contributed by atoms with E-state index in [4.69, 9.17) is 16.3 Å². The Kier molecular flexibility index (Phi) is 9.30. The molecule has 2 saturated heterocycles. The van der Waals surface area contributed by atoms with E-state index in [2.05, 4.69) is 21.3 Å². The van der Waals surface area contributed by atoms with Crippen molar-refractivity contribution >= 4 is 35.1 Å². The summed E-state index contributed by atoms with van der Waals surface area (Å²) in [6, 6.07) is 11.2. The minimum atomic E-state index is -1.07. The zero-order valence-electron chi connectivity index (χ0n) is 25.2. The number of anilines is 1. The molecule has 0 spiro atoms. The van der Waals surface area contributed by atoms with Crippen molar-refractivity contribution in [2.75, 3.05) is 32.1 Å². The van der Waals surface area contributed by atoms with Crippen LogP contribution in [0.15, 0.2) is 84.7 Å². The van der Waals surface area contributed by atoms with Crippen LogP contribution in [0.2, 0.25) is 5.02 Å². The number of halogens is 2. The lowest BCUT2D eigenvalue weighted by atomic mass is 9.76. The van der Waals surface area contributed by atoms with Crippen LogP contribution in [0.25, 0.3) is 11.1 Å². The quantitative estimate of drug-likeness (QED) is 0.340. The number of aromatic carboxylic acids is 1. The fourth-order valence-corrected chi connectivity index (χ4v) is 6.93. The Balaban J connectivity index is 1.32. The van der Waals surface area contributed by atoms with Gasteiger partial charge < -0.3 is 20.1 Å². The van der Waals surface area contributed by atoms with Gasteiger partial charge >= 0.3 is 5.97 Å². The number of carbonyl (C=O) groups is 3. The lowest BCUT2D eigenvalue weighted by Crippen LogP contribution is -2.57. The van der Waals surface area contributed by atoms with Crippen molar-refractivity contribution in [1.29, 1.82) is 0 Å². The van der Waals surface area contributed by atoms with Gasteiger partial charge in [0, 0.05) is 67.9 Å². The van der Waals surface area contributed by atoms with E-state index in [0.29, 0.717) is 24.2 Å². The Bertz CT molecular complexity index is 1700. The molecule has 3 aliphatic rings. The SMILES string of the molecule is COC1CCN(C2C=CC=C3C2CCN(C(=O)c2cncc(-c4cccc(Cl)c4F)c2)C3C(=O)Nc2ccc(C(=O)O)cc2)CC1. The van der Waals surface area contributed by atoms with Gasteiger partial charge in [0.05, 0.1) is 22.3 Å². The number of nitrogens with zero attached hydrogens (tertiary/aromatic N) is 3. The summed E-state index contributed by atoms with van der Waals surface area (Å²) >= 11 is 6.01. The monoisotopic (exact) mass is 644 g/mol. The number of methoxy groups -OCH3 is 1. The van der Waals surface area contributed by atoms with Crippen molar-refractivity contribution in [3.8, 4) is 11.1 Å². The van der Waals surface area contributed by atoms with Crippen LogP contribution in [0.3, 0.4) is 0 Å². The average molecular weight is 645 g/mol. The molecule has 0 bridgehead atoms. The van der Waals surface area contributed by atoms with Crippen LogP contribution < -0.4 is 5.32 Å². The number of nitrogens with one attached hydrogen (secondary N) is 1. The fourth-order valence-electron chi connectivity index (χ4n) is 6.76. The van der Waals surface area contributed by atoms with Gasteiger partial charge in [-0.05, 0) is 61.2 Å². The number of carboxylic acid groups (broad SMARTS) is 1. The molecule has 2 amide bonds. The summed E-state index contributed by atoms with van der Waals surface area (Å²) in [7, 11) is 1.74. The number of carbonyl (C=O) groups excluding carboxylic acids is 2. The summed E-state index contributed by atoms with van der Waals surface area (Å²) in [5.74, 6) is -2.50. The third kappa shape index (κ3) is 6.33. The number of piperidine rings is 2. The number of rotatable bonds is 7. The molecule has 46 heavy (non-hydrogen) atoms. The number of hydrogen-bond acceptors (Lipinski definition) is 6. The molecule has 3 aromatic rings. The first-order valence-electron chi connectivity index (χ1n) is 15.2. The largest absolute Gasteiger partial charge is 0.478 e. The minimum Gasteiger partial charge on any atom is -0.478 e. The fraction of sp³-hybridized carbons (Fsp3) is 0.314. The molecule has 2 fully saturated rings. The van der Waals surface area contributed by atoms with E-state index in [9.17, 15) is 23.9 Å². The lowest BCUT2D eigenvalue weighted by molar-refractivity contribution is -0.120. The summed E-state index contributed by atoms with van der Waals surface area (Å²) in [4.78, 5) is 47.9. The summed E-state index contributed by atoms with van der Waals surface area (Å²) in [6.07, 6.45) is 11.7.